The molecule has 1 aromatic carbocycles. The summed E-state index contributed by atoms with van der Waals surface area (Å²) in [5.41, 5.74) is 3.23. The number of carbonyl (C=O) groups is 3. The second kappa shape index (κ2) is 10.3. The van der Waals surface area contributed by atoms with Gasteiger partial charge in [0.2, 0.25) is 11.8 Å². The average molecular weight is 463 g/mol. The number of amides is 4. The molecule has 178 valence electrons. The fourth-order valence-corrected chi connectivity index (χ4v) is 4.08. The van der Waals surface area contributed by atoms with E-state index in [1.165, 1.54) is 0 Å². The number of hydrogen-bond donors (Lipinski definition) is 2. The van der Waals surface area contributed by atoms with Crippen LogP contribution >= 0.6 is 0 Å². The summed E-state index contributed by atoms with van der Waals surface area (Å²) < 4.78 is 1.60. The van der Waals surface area contributed by atoms with Gasteiger partial charge in [0.05, 0.1) is 5.69 Å². The highest BCUT2D eigenvalue weighted by molar-refractivity contribution is 6.05. The van der Waals surface area contributed by atoms with E-state index < -0.39 is 0 Å². The van der Waals surface area contributed by atoms with Crippen molar-refractivity contribution in [3.8, 4) is 6.07 Å². The van der Waals surface area contributed by atoms with E-state index in [0.717, 1.165) is 11.3 Å². The van der Waals surface area contributed by atoms with Crippen LogP contribution in [0.2, 0.25) is 0 Å². The van der Waals surface area contributed by atoms with Crippen molar-refractivity contribution in [1.29, 1.82) is 5.26 Å². The van der Waals surface area contributed by atoms with Gasteiger partial charge in [-0.05, 0) is 50.1 Å². The highest BCUT2D eigenvalue weighted by Gasteiger charge is 2.31. The third kappa shape index (κ3) is 4.96. The van der Waals surface area contributed by atoms with Gasteiger partial charge in [0, 0.05) is 49.9 Å². The Morgan fingerprint density at radius 1 is 1.06 bits per heavy atom. The minimum atomic E-state index is -0.222. The van der Waals surface area contributed by atoms with E-state index in [9.17, 15) is 14.4 Å². The number of hydrogen-bond acceptors (Lipinski definition) is 4. The number of fused-ring (bicyclic) bond motifs is 1. The molecule has 0 saturated carbocycles. The molecular formula is C25H30N6O3. The van der Waals surface area contributed by atoms with Crippen LogP contribution in [0.5, 0.6) is 0 Å². The van der Waals surface area contributed by atoms with Gasteiger partial charge in [-0.3, -0.25) is 19.4 Å². The van der Waals surface area contributed by atoms with E-state index in [1.54, 1.807) is 39.6 Å². The molecule has 1 aliphatic heterocycles. The molecule has 9 nitrogen and oxygen atoms in total. The minimum absolute atomic E-state index is 0.106. The zero-order valence-electron chi connectivity index (χ0n) is 20.0. The Hall–Kier alpha value is -4.06. The van der Waals surface area contributed by atoms with Gasteiger partial charge in [-0.1, -0.05) is 13.5 Å². The van der Waals surface area contributed by atoms with Crippen LogP contribution in [-0.4, -0.2) is 40.4 Å². The number of urea groups is 1. The number of nitrogens with one attached hydrogen (secondary N) is 2. The number of nitrogens with zero attached hydrogens (tertiary/aromatic N) is 4. The molecule has 2 heterocycles. The third-order valence-corrected chi connectivity index (χ3v) is 5.87. The molecule has 1 aromatic heterocycles. The van der Waals surface area contributed by atoms with Crippen LogP contribution in [0.4, 0.5) is 22.0 Å². The Morgan fingerprint density at radius 2 is 1.71 bits per heavy atom. The minimum Gasteiger partial charge on any atom is -0.326 e. The van der Waals surface area contributed by atoms with E-state index in [4.69, 9.17) is 5.26 Å². The molecule has 0 spiro atoms. The lowest BCUT2D eigenvalue weighted by Crippen LogP contribution is -2.46. The summed E-state index contributed by atoms with van der Waals surface area (Å²) in [6.45, 7) is 10.8. The van der Waals surface area contributed by atoms with Crippen LogP contribution in [0.15, 0.2) is 36.9 Å². The molecule has 9 heteroatoms. The molecule has 1 unspecified atom stereocenters. The fraction of sp³-hybridized carbons (Fsp3) is 0.360. The molecule has 1 aliphatic rings. The second-order valence-corrected chi connectivity index (χ2v) is 8.33. The van der Waals surface area contributed by atoms with Gasteiger partial charge >= 0.3 is 6.03 Å². The first-order valence-electron chi connectivity index (χ1n) is 11.3. The maximum Gasteiger partial charge on any atom is 0.328 e. The van der Waals surface area contributed by atoms with Gasteiger partial charge in [-0.15, -0.1) is 0 Å². The van der Waals surface area contributed by atoms with Gasteiger partial charge in [0.15, 0.2) is 0 Å². The van der Waals surface area contributed by atoms with Crippen LogP contribution in [0.1, 0.15) is 44.9 Å². The number of anilines is 3. The number of carbonyl (C=O) groups excluding carboxylic acids is 3. The van der Waals surface area contributed by atoms with Gasteiger partial charge in [0.1, 0.15) is 17.6 Å². The number of rotatable bonds is 8. The van der Waals surface area contributed by atoms with Crippen LogP contribution in [0, 0.1) is 17.2 Å². The third-order valence-electron chi connectivity index (χ3n) is 5.87. The summed E-state index contributed by atoms with van der Waals surface area (Å²) in [6, 6.07) is 10.7. The Morgan fingerprint density at radius 3 is 2.29 bits per heavy atom. The predicted molar refractivity (Wildman–Crippen MR) is 132 cm³/mol. The molecule has 3 rings (SSSR count). The average Bonchev–Trinajstić information content (AvgIpc) is 3.13. The molecule has 1 atom stereocenters. The topological polar surface area (TPSA) is 110 Å². The SMILES string of the molecule is C=C1c2cc(NC(=O)CC(C)CC(=O)Nc3ccc(C#N)n3C)ccc2N(CC)C(=O)N1CC. The van der Waals surface area contributed by atoms with Crippen molar-refractivity contribution >= 4 is 40.7 Å². The first kappa shape index (κ1) is 24.6. The maximum atomic E-state index is 12.7. The molecule has 0 fully saturated rings. The first-order chi connectivity index (χ1) is 16.2. The Kier molecular flexibility index (Phi) is 7.41. The molecule has 2 aromatic rings. The zero-order valence-corrected chi connectivity index (χ0v) is 20.0. The molecule has 0 saturated heterocycles. The molecule has 0 radical (unpaired) electrons. The Bertz CT molecular complexity index is 1180. The van der Waals surface area contributed by atoms with E-state index in [2.05, 4.69) is 17.2 Å². The summed E-state index contributed by atoms with van der Waals surface area (Å²) in [7, 11) is 1.70. The van der Waals surface area contributed by atoms with Crippen LogP contribution in [-0.2, 0) is 16.6 Å². The van der Waals surface area contributed by atoms with Crippen molar-refractivity contribution in [2.24, 2.45) is 13.0 Å². The highest BCUT2D eigenvalue weighted by Crippen LogP contribution is 2.36. The van der Waals surface area contributed by atoms with Crippen molar-refractivity contribution in [1.82, 2.24) is 9.47 Å². The van der Waals surface area contributed by atoms with Crippen LogP contribution in [0.25, 0.3) is 5.70 Å². The van der Waals surface area contributed by atoms with Gasteiger partial charge < -0.3 is 15.2 Å². The molecule has 0 aliphatic carbocycles. The van der Waals surface area contributed by atoms with Crippen molar-refractivity contribution in [2.45, 2.75) is 33.6 Å². The number of aromatic nitrogens is 1. The van der Waals surface area contributed by atoms with Crippen molar-refractivity contribution < 1.29 is 14.4 Å². The molecular weight excluding hydrogens is 432 g/mol. The Labute approximate surface area is 199 Å². The zero-order chi connectivity index (χ0) is 25.0. The van der Waals surface area contributed by atoms with E-state index in [-0.39, 0.29) is 36.6 Å². The smallest absolute Gasteiger partial charge is 0.326 e. The summed E-state index contributed by atoms with van der Waals surface area (Å²) in [6.07, 6.45) is 0.337. The van der Waals surface area contributed by atoms with Gasteiger partial charge in [-0.25, -0.2) is 4.79 Å². The Balaban J connectivity index is 1.61. The van der Waals surface area contributed by atoms with Gasteiger partial charge in [-0.2, -0.15) is 5.26 Å². The largest absolute Gasteiger partial charge is 0.328 e. The number of nitriles is 1. The van der Waals surface area contributed by atoms with E-state index in [0.29, 0.717) is 36.0 Å². The standard InChI is InChI=1S/C25H30N6O3/c1-6-30-17(4)20-14-18(8-10-21(20)31(7-2)25(30)34)27-23(32)12-16(3)13-24(33)28-22-11-9-19(15-26)29(22)5/h8-11,14,16H,4,6-7,12-13H2,1-3,5H3,(H,27,32)(H,28,33). The summed E-state index contributed by atoms with van der Waals surface area (Å²) >= 11 is 0. The van der Waals surface area contributed by atoms with Crippen molar-refractivity contribution in [3.05, 3.63) is 48.2 Å². The van der Waals surface area contributed by atoms with E-state index >= 15 is 0 Å². The number of benzene rings is 1. The van der Waals surface area contributed by atoms with Crippen LogP contribution < -0.4 is 15.5 Å². The summed E-state index contributed by atoms with van der Waals surface area (Å²) in [5, 5.41) is 14.7. The lowest BCUT2D eigenvalue weighted by molar-refractivity contribution is -0.118. The van der Waals surface area contributed by atoms with E-state index in [1.807, 2.05) is 39.0 Å². The lowest BCUT2D eigenvalue weighted by Gasteiger charge is -2.37. The fourth-order valence-electron chi connectivity index (χ4n) is 4.08. The highest BCUT2D eigenvalue weighted by atomic mass is 16.2. The van der Waals surface area contributed by atoms with Crippen LogP contribution in [0.3, 0.4) is 0 Å². The second-order valence-electron chi connectivity index (χ2n) is 8.33. The first-order valence-corrected chi connectivity index (χ1v) is 11.3. The van der Waals surface area contributed by atoms with Crippen molar-refractivity contribution in [3.63, 3.8) is 0 Å². The maximum absolute atomic E-state index is 12.7. The normalized spacial score (nSPS) is 13.9. The lowest BCUT2D eigenvalue weighted by atomic mass is 10.0. The molecule has 2 N–H and O–H groups in total. The molecule has 0 bridgehead atoms. The monoisotopic (exact) mass is 462 g/mol. The predicted octanol–water partition coefficient (Wildman–Crippen LogP) is 4.14. The summed E-state index contributed by atoms with van der Waals surface area (Å²) in [4.78, 5) is 40.9. The quantitative estimate of drug-likeness (QED) is 0.614. The summed E-state index contributed by atoms with van der Waals surface area (Å²) in [5.74, 6) is -0.0802. The van der Waals surface area contributed by atoms with Crippen molar-refractivity contribution in [2.75, 3.05) is 28.6 Å². The molecule has 4 amide bonds. The molecule has 34 heavy (non-hydrogen) atoms. The van der Waals surface area contributed by atoms with Gasteiger partial charge in [0.25, 0.3) is 0 Å².